The Morgan fingerprint density at radius 3 is 2.53 bits per heavy atom. The van der Waals surface area contributed by atoms with E-state index in [-0.39, 0.29) is 33.8 Å². The van der Waals surface area contributed by atoms with Crippen molar-refractivity contribution in [2.24, 2.45) is 0 Å². The molecule has 0 bridgehead atoms. The first-order chi connectivity index (χ1) is 15.9. The average molecular weight is 521 g/mol. The first kappa shape index (κ1) is 24.6. The molecule has 4 rings (SSSR count). The summed E-state index contributed by atoms with van der Waals surface area (Å²) in [6, 6.07) is 7.59. The number of benzene rings is 1. The van der Waals surface area contributed by atoms with Gasteiger partial charge in [-0.3, -0.25) is 9.36 Å². The monoisotopic (exact) mass is 520 g/mol. The number of fused-ring (bicyclic) bond motifs is 1. The Morgan fingerprint density at radius 2 is 1.85 bits per heavy atom. The third-order valence-corrected chi connectivity index (χ3v) is 11.2. The molecule has 34 heavy (non-hydrogen) atoms. The fourth-order valence-electron chi connectivity index (χ4n) is 3.19. The smallest absolute Gasteiger partial charge is 0.281 e. The van der Waals surface area contributed by atoms with Gasteiger partial charge in [0, 0.05) is 5.02 Å². The van der Waals surface area contributed by atoms with Crippen LogP contribution in [-0.2, 0) is 17.4 Å². The van der Waals surface area contributed by atoms with Crippen LogP contribution in [0.3, 0.4) is 0 Å². The van der Waals surface area contributed by atoms with Gasteiger partial charge in [-0.15, -0.1) is 9.73 Å². The second-order valence-electron chi connectivity index (χ2n) is 9.62. The number of nitrogens with zero attached hydrogens (tertiary/aromatic N) is 6. The molecule has 9 nitrogen and oxygen atoms in total. The van der Waals surface area contributed by atoms with Crippen LogP contribution >= 0.6 is 23.2 Å². The highest BCUT2D eigenvalue weighted by Crippen LogP contribution is 2.40. The second-order valence-corrected chi connectivity index (χ2v) is 15.2. The first-order valence-electron chi connectivity index (χ1n) is 10.8. The Morgan fingerprint density at radius 1 is 1.15 bits per heavy atom. The van der Waals surface area contributed by atoms with Crippen molar-refractivity contribution in [3.8, 4) is 0 Å². The molecule has 0 spiro atoms. The van der Waals surface area contributed by atoms with Crippen LogP contribution in [0.4, 0.5) is 0 Å². The number of aromatic nitrogens is 6. The summed E-state index contributed by atoms with van der Waals surface area (Å²) >= 11 is 12.2. The molecule has 0 aliphatic heterocycles. The maximum Gasteiger partial charge on any atom is 0.281 e. The molecule has 0 radical (unpaired) electrons. The third kappa shape index (κ3) is 5.09. The van der Waals surface area contributed by atoms with E-state index in [0.717, 1.165) is 5.56 Å². The number of halogens is 2. The highest BCUT2D eigenvalue weighted by atomic mass is 35.5. The van der Waals surface area contributed by atoms with E-state index < -0.39 is 8.32 Å². The molecule has 0 aliphatic carbocycles. The van der Waals surface area contributed by atoms with E-state index in [4.69, 9.17) is 32.2 Å². The van der Waals surface area contributed by atoms with Gasteiger partial charge >= 0.3 is 0 Å². The van der Waals surface area contributed by atoms with Gasteiger partial charge in [0.2, 0.25) is 5.89 Å². The molecule has 0 saturated carbocycles. The maximum atomic E-state index is 12.7. The van der Waals surface area contributed by atoms with Gasteiger partial charge in [-0.05, 0) is 35.8 Å². The zero-order valence-corrected chi connectivity index (χ0v) is 22.1. The van der Waals surface area contributed by atoms with Crippen LogP contribution in [0.25, 0.3) is 5.52 Å². The van der Waals surface area contributed by atoms with Gasteiger partial charge in [0.15, 0.2) is 19.7 Å². The van der Waals surface area contributed by atoms with Crippen LogP contribution in [0.1, 0.15) is 44.2 Å². The number of hydrogen-bond acceptors (Lipinski definition) is 7. The van der Waals surface area contributed by atoms with Crippen molar-refractivity contribution < 1.29 is 8.95 Å². The van der Waals surface area contributed by atoms with E-state index in [9.17, 15) is 4.79 Å². The molecule has 0 amide bonds. The summed E-state index contributed by atoms with van der Waals surface area (Å²) in [6.07, 6.45) is 2.85. The Bertz CT molecular complexity index is 1360. The minimum Gasteiger partial charge on any atom is -0.409 e. The molecule has 3 aromatic heterocycles. The van der Waals surface area contributed by atoms with Crippen molar-refractivity contribution in [1.29, 1.82) is 0 Å². The minimum atomic E-state index is -2.10. The molecule has 0 saturated heterocycles. The van der Waals surface area contributed by atoms with Crippen molar-refractivity contribution >= 4 is 37.0 Å². The standard InChI is InChI=1S/C22H26Cl2N6O3Si/c1-22(2,3)34(4,5)33-17(14-6-8-15(23)9-7-14)10-19-27-18(28-32-19)12-29-13-26-30-20(21(29)31)16(24)11-25-30/h6-9,11,13,17H,10,12H2,1-5H3. The molecule has 0 fully saturated rings. The summed E-state index contributed by atoms with van der Waals surface area (Å²) in [7, 11) is -2.10. The van der Waals surface area contributed by atoms with E-state index in [1.807, 2.05) is 24.3 Å². The highest BCUT2D eigenvalue weighted by Gasteiger charge is 2.39. The van der Waals surface area contributed by atoms with E-state index in [0.29, 0.717) is 23.2 Å². The third-order valence-electron chi connectivity index (χ3n) is 6.14. The molecule has 0 aliphatic rings. The first-order valence-corrected chi connectivity index (χ1v) is 14.4. The molecule has 1 atom stereocenters. The number of rotatable bonds is 7. The Balaban J connectivity index is 1.58. The van der Waals surface area contributed by atoms with Crippen molar-refractivity contribution in [2.75, 3.05) is 0 Å². The predicted molar refractivity (Wildman–Crippen MR) is 132 cm³/mol. The summed E-state index contributed by atoms with van der Waals surface area (Å²) < 4.78 is 14.8. The average Bonchev–Trinajstić information content (AvgIpc) is 3.36. The van der Waals surface area contributed by atoms with E-state index in [2.05, 4.69) is 54.2 Å². The minimum absolute atomic E-state index is 0.0272. The fourth-order valence-corrected chi connectivity index (χ4v) is 4.80. The SMILES string of the molecule is CC(C)(C)[Si](C)(C)OC(Cc1nc(Cn2cnn3ncc(Cl)c3c2=O)no1)c1ccc(Cl)cc1. The van der Waals surface area contributed by atoms with Gasteiger partial charge in [0.05, 0.1) is 30.3 Å². The molecule has 4 aromatic rings. The summed E-state index contributed by atoms with van der Waals surface area (Å²) in [4.78, 5) is 17.2. The van der Waals surface area contributed by atoms with Crippen LogP contribution in [-0.4, -0.2) is 37.9 Å². The van der Waals surface area contributed by atoms with Crippen LogP contribution < -0.4 is 5.56 Å². The summed E-state index contributed by atoms with van der Waals surface area (Å²) in [5.74, 6) is 0.763. The van der Waals surface area contributed by atoms with Crippen LogP contribution in [0.5, 0.6) is 0 Å². The quantitative estimate of drug-likeness (QED) is 0.318. The van der Waals surface area contributed by atoms with Gasteiger partial charge in [0.25, 0.3) is 5.56 Å². The van der Waals surface area contributed by atoms with Crippen molar-refractivity contribution in [1.82, 2.24) is 29.5 Å². The zero-order chi connectivity index (χ0) is 24.7. The van der Waals surface area contributed by atoms with Crippen molar-refractivity contribution in [2.45, 2.75) is 58.0 Å². The maximum absolute atomic E-state index is 12.7. The van der Waals surface area contributed by atoms with Crippen LogP contribution in [0, 0.1) is 0 Å². The summed E-state index contributed by atoms with van der Waals surface area (Å²) in [5.41, 5.74) is 0.831. The largest absolute Gasteiger partial charge is 0.409 e. The zero-order valence-electron chi connectivity index (χ0n) is 19.6. The van der Waals surface area contributed by atoms with Gasteiger partial charge in [-0.1, -0.05) is 61.3 Å². The fraction of sp³-hybridized carbons (Fsp3) is 0.409. The summed E-state index contributed by atoms with van der Waals surface area (Å²) in [6.45, 7) is 11.1. The lowest BCUT2D eigenvalue weighted by molar-refractivity contribution is 0.170. The molecule has 1 unspecified atom stereocenters. The molecular weight excluding hydrogens is 495 g/mol. The molecule has 1 aromatic carbocycles. The lowest BCUT2D eigenvalue weighted by Gasteiger charge is -2.39. The van der Waals surface area contributed by atoms with Gasteiger partial charge < -0.3 is 8.95 Å². The predicted octanol–water partition coefficient (Wildman–Crippen LogP) is 4.93. The Hall–Kier alpha value is -2.53. The molecule has 3 heterocycles. The van der Waals surface area contributed by atoms with E-state index >= 15 is 0 Å². The van der Waals surface area contributed by atoms with Crippen molar-refractivity contribution in [3.05, 3.63) is 74.5 Å². The highest BCUT2D eigenvalue weighted by molar-refractivity contribution is 6.74. The molecular formula is C22H26Cl2N6O3Si. The van der Waals surface area contributed by atoms with Gasteiger partial charge in [-0.2, -0.15) is 10.1 Å². The lowest BCUT2D eigenvalue weighted by atomic mass is 10.1. The van der Waals surface area contributed by atoms with Crippen molar-refractivity contribution in [3.63, 3.8) is 0 Å². The van der Waals surface area contributed by atoms with Crippen LogP contribution in [0.2, 0.25) is 28.2 Å². The summed E-state index contributed by atoms with van der Waals surface area (Å²) in [5, 5.41) is 13.0. The van der Waals surface area contributed by atoms with Gasteiger partial charge in [0.1, 0.15) is 6.33 Å². The normalized spacial score (nSPS) is 13.5. The second kappa shape index (κ2) is 9.25. The van der Waals surface area contributed by atoms with Crippen LogP contribution in [0.15, 0.2) is 46.1 Å². The molecule has 180 valence electrons. The van der Waals surface area contributed by atoms with E-state index in [1.165, 1.54) is 21.7 Å². The lowest BCUT2D eigenvalue weighted by Crippen LogP contribution is -2.42. The Kier molecular flexibility index (Phi) is 6.69. The van der Waals surface area contributed by atoms with E-state index in [1.54, 1.807) is 0 Å². The van der Waals surface area contributed by atoms with Gasteiger partial charge in [-0.25, -0.2) is 0 Å². The Labute approximate surface area is 207 Å². The topological polar surface area (TPSA) is 100 Å². The molecule has 12 heteroatoms. The molecule has 0 N–H and O–H groups in total. The number of hydrogen-bond donors (Lipinski definition) is 0.